The lowest BCUT2D eigenvalue weighted by Crippen LogP contribution is -2.27. The number of nitrogens with two attached hydrogens (primary N) is 1. The lowest BCUT2D eigenvalue weighted by molar-refractivity contribution is 0.144. The molecule has 4 N–H and O–H groups in total. The van der Waals surface area contributed by atoms with E-state index in [0.29, 0.717) is 12.0 Å². The van der Waals surface area contributed by atoms with Crippen molar-refractivity contribution in [2.45, 2.75) is 25.5 Å². The van der Waals surface area contributed by atoms with E-state index < -0.39 is 23.7 Å². The largest absolute Gasteiger partial charge is 0.505 e. The highest BCUT2D eigenvalue weighted by atomic mass is 19.1. The first-order chi connectivity index (χ1) is 6.56. The molecule has 0 aromatic heterocycles. The fourth-order valence-electron chi connectivity index (χ4n) is 1.18. The average molecular weight is 199 g/mol. The van der Waals surface area contributed by atoms with Gasteiger partial charge in [-0.25, -0.2) is 4.39 Å². The van der Waals surface area contributed by atoms with Gasteiger partial charge in [-0.3, -0.25) is 0 Å². The minimum absolute atomic E-state index is 0.384. The van der Waals surface area contributed by atoms with Crippen molar-refractivity contribution in [1.29, 1.82) is 0 Å². The first kappa shape index (κ1) is 10.9. The van der Waals surface area contributed by atoms with Crippen molar-refractivity contribution in [2.75, 3.05) is 0 Å². The van der Waals surface area contributed by atoms with Gasteiger partial charge in [0.2, 0.25) is 0 Å². The van der Waals surface area contributed by atoms with Crippen molar-refractivity contribution < 1.29 is 14.6 Å². The summed E-state index contributed by atoms with van der Waals surface area (Å²) >= 11 is 0. The van der Waals surface area contributed by atoms with E-state index >= 15 is 0 Å². The van der Waals surface area contributed by atoms with Crippen molar-refractivity contribution in [3.8, 4) is 5.75 Å². The molecular formula is C10H14FNO2. The third-order valence-corrected chi connectivity index (χ3v) is 2.19. The molecule has 0 aliphatic carbocycles. The Hall–Kier alpha value is -1.13. The number of benzene rings is 1. The molecule has 0 aliphatic rings. The second-order valence-corrected chi connectivity index (χ2v) is 3.23. The Bertz CT molecular complexity index is 317. The second kappa shape index (κ2) is 4.39. The molecule has 3 nitrogen and oxygen atoms in total. The summed E-state index contributed by atoms with van der Waals surface area (Å²) in [4.78, 5) is 0. The lowest BCUT2D eigenvalue weighted by Gasteiger charge is -2.17. The normalized spacial score (nSPS) is 15.1. The Morgan fingerprint density at radius 3 is 2.64 bits per heavy atom. The number of aliphatic hydroxyl groups is 1. The molecule has 2 atom stereocenters. The highest BCUT2D eigenvalue weighted by Crippen LogP contribution is 2.22. The average Bonchev–Trinajstić information content (AvgIpc) is 2.20. The summed E-state index contributed by atoms with van der Waals surface area (Å²) in [7, 11) is 0. The van der Waals surface area contributed by atoms with E-state index in [1.165, 1.54) is 12.1 Å². The number of hydrogen-bond acceptors (Lipinski definition) is 3. The van der Waals surface area contributed by atoms with Crippen LogP contribution in [0.25, 0.3) is 0 Å². The van der Waals surface area contributed by atoms with Gasteiger partial charge in [0, 0.05) is 6.04 Å². The summed E-state index contributed by atoms with van der Waals surface area (Å²) in [6.45, 7) is 1.84. The van der Waals surface area contributed by atoms with Crippen LogP contribution in [0.2, 0.25) is 0 Å². The van der Waals surface area contributed by atoms with Crippen LogP contribution in [-0.2, 0) is 0 Å². The minimum Gasteiger partial charge on any atom is -0.505 e. The maximum Gasteiger partial charge on any atom is 0.165 e. The third kappa shape index (κ3) is 2.21. The van der Waals surface area contributed by atoms with Gasteiger partial charge in [-0.1, -0.05) is 13.0 Å². The van der Waals surface area contributed by atoms with Crippen LogP contribution in [0.3, 0.4) is 0 Å². The molecule has 78 valence electrons. The van der Waals surface area contributed by atoms with E-state index in [1.54, 1.807) is 0 Å². The first-order valence-electron chi connectivity index (χ1n) is 4.48. The Kier molecular flexibility index (Phi) is 3.43. The zero-order valence-electron chi connectivity index (χ0n) is 7.94. The molecule has 1 rings (SSSR count). The monoisotopic (exact) mass is 199 g/mol. The van der Waals surface area contributed by atoms with Gasteiger partial charge in [0.1, 0.15) is 0 Å². The van der Waals surface area contributed by atoms with Gasteiger partial charge in [0.05, 0.1) is 6.10 Å². The molecule has 0 saturated carbocycles. The van der Waals surface area contributed by atoms with Gasteiger partial charge < -0.3 is 15.9 Å². The highest BCUT2D eigenvalue weighted by Gasteiger charge is 2.16. The van der Waals surface area contributed by atoms with Gasteiger partial charge in [0.25, 0.3) is 0 Å². The summed E-state index contributed by atoms with van der Waals surface area (Å²) in [5, 5.41) is 18.6. The summed E-state index contributed by atoms with van der Waals surface area (Å²) in [6, 6.07) is 3.34. The maximum atomic E-state index is 12.9. The minimum atomic E-state index is -0.893. The summed E-state index contributed by atoms with van der Waals surface area (Å²) in [5.41, 5.74) is 5.99. The topological polar surface area (TPSA) is 66.5 Å². The lowest BCUT2D eigenvalue weighted by atomic mass is 10.0. The highest BCUT2D eigenvalue weighted by molar-refractivity contribution is 5.29. The molecule has 0 saturated heterocycles. The van der Waals surface area contributed by atoms with E-state index in [2.05, 4.69) is 0 Å². The van der Waals surface area contributed by atoms with E-state index in [-0.39, 0.29) is 0 Å². The smallest absolute Gasteiger partial charge is 0.165 e. The number of aromatic hydroxyl groups is 1. The van der Waals surface area contributed by atoms with Crippen molar-refractivity contribution in [1.82, 2.24) is 0 Å². The van der Waals surface area contributed by atoms with Crippen LogP contribution >= 0.6 is 0 Å². The molecule has 1 aromatic carbocycles. The Morgan fingerprint density at radius 2 is 2.14 bits per heavy atom. The van der Waals surface area contributed by atoms with Crippen molar-refractivity contribution >= 4 is 0 Å². The van der Waals surface area contributed by atoms with E-state index in [1.807, 2.05) is 6.92 Å². The van der Waals surface area contributed by atoms with Crippen LogP contribution in [-0.4, -0.2) is 16.3 Å². The van der Waals surface area contributed by atoms with E-state index in [0.717, 1.165) is 6.07 Å². The summed E-state index contributed by atoms with van der Waals surface area (Å²) in [6.07, 6.45) is -0.293. The van der Waals surface area contributed by atoms with E-state index in [9.17, 15) is 9.50 Å². The molecule has 14 heavy (non-hydrogen) atoms. The first-order valence-corrected chi connectivity index (χ1v) is 4.48. The predicted octanol–water partition coefficient (Wildman–Crippen LogP) is 1.30. The molecular weight excluding hydrogens is 185 g/mol. The summed E-state index contributed by atoms with van der Waals surface area (Å²) in [5.74, 6) is -1.17. The SMILES string of the molecule is CC[C@H](N)[C@@H](O)c1ccc(O)c(F)c1. The van der Waals surface area contributed by atoms with Crippen LogP contribution in [0, 0.1) is 5.82 Å². The Labute approximate surface area is 82.0 Å². The zero-order valence-corrected chi connectivity index (χ0v) is 7.94. The Morgan fingerprint density at radius 1 is 1.50 bits per heavy atom. The van der Waals surface area contributed by atoms with Crippen molar-refractivity contribution in [3.05, 3.63) is 29.6 Å². The van der Waals surface area contributed by atoms with Crippen LogP contribution in [0.5, 0.6) is 5.75 Å². The zero-order chi connectivity index (χ0) is 10.7. The predicted molar refractivity (Wildman–Crippen MR) is 51.3 cm³/mol. The molecule has 4 heteroatoms. The second-order valence-electron chi connectivity index (χ2n) is 3.23. The summed E-state index contributed by atoms with van der Waals surface area (Å²) < 4.78 is 12.9. The molecule has 1 aromatic rings. The molecule has 0 fully saturated rings. The van der Waals surface area contributed by atoms with Gasteiger partial charge >= 0.3 is 0 Å². The van der Waals surface area contributed by atoms with Crippen molar-refractivity contribution in [2.24, 2.45) is 5.73 Å². The number of phenols is 1. The fraction of sp³-hybridized carbons (Fsp3) is 0.400. The van der Waals surface area contributed by atoms with Crippen molar-refractivity contribution in [3.63, 3.8) is 0 Å². The maximum absolute atomic E-state index is 12.9. The number of hydrogen-bond donors (Lipinski definition) is 3. The van der Waals surface area contributed by atoms with Gasteiger partial charge in [-0.2, -0.15) is 0 Å². The molecule has 0 spiro atoms. The van der Waals surface area contributed by atoms with Gasteiger partial charge in [-0.05, 0) is 24.1 Å². The van der Waals surface area contributed by atoms with Crippen LogP contribution in [0.4, 0.5) is 4.39 Å². The quantitative estimate of drug-likeness (QED) is 0.687. The molecule has 0 radical (unpaired) electrons. The van der Waals surface area contributed by atoms with Crippen LogP contribution in [0.1, 0.15) is 25.0 Å². The molecule has 0 amide bonds. The third-order valence-electron chi connectivity index (χ3n) is 2.19. The number of aliphatic hydroxyl groups excluding tert-OH is 1. The number of rotatable bonds is 3. The molecule has 0 heterocycles. The van der Waals surface area contributed by atoms with Gasteiger partial charge in [0.15, 0.2) is 11.6 Å². The van der Waals surface area contributed by atoms with Crippen LogP contribution in [0.15, 0.2) is 18.2 Å². The standard InChI is InChI=1S/C10H14FNO2/c1-2-8(12)10(14)6-3-4-9(13)7(11)5-6/h3-5,8,10,13-14H,2,12H2,1H3/t8-,10-/m0/s1. The molecule has 0 bridgehead atoms. The Balaban J connectivity index is 2.91. The fourth-order valence-corrected chi connectivity index (χ4v) is 1.18. The molecule has 0 unspecified atom stereocenters. The van der Waals surface area contributed by atoms with Crippen LogP contribution < -0.4 is 5.73 Å². The van der Waals surface area contributed by atoms with E-state index in [4.69, 9.17) is 10.8 Å². The van der Waals surface area contributed by atoms with Gasteiger partial charge in [-0.15, -0.1) is 0 Å². The molecule has 0 aliphatic heterocycles. The number of halogens is 1. The number of phenolic OH excluding ortho intramolecular Hbond substituents is 1.